The van der Waals surface area contributed by atoms with Crippen LogP contribution in [0.4, 0.5) is 0 Å². The molecule has 0 saturated heterocycles. The lowest BCUT2D eigenvalue weighted by atomic mass is 9.80. The zero-order valence-corrected chi connectivity index (χ0v) is 18.0. The fourth-order valence-electron chi connectivity index (χ4n) is 2.83. The Bertz CT molecular complexity index is 554. The Morgan fingerprint density at radius 2 is 1.36 bits per heavy atom. The van der Waals surface area contributed by atoms with Crippen LogP contribution in [0.3, 0.4) is 0 Å². The van der Waals surface area contributed by atoms with Crippen LogP contribution in [0.1, 0.15) is 82.6 Å². The van der Waals surface area contributed by atoms with E-state index in [1.807, 2.05) is 6.92 Å². The summed E-state index contributed by atoms with van der Waals surface area (Å²) in [5, 5.41) is 0. The second kappa shape index (κ2) is 12.0. The zero-order valence-electron chi connectivity index (χ0n) is 18.0. The van der Waals surface area contributed by atoms with Crippen LogP contribution in [-0.2, 0) is 0 Å². The van der Waals surface area contributed by atoms with Crippen molar-refractivity contribution < 1.29 is 0 Å². The fourth-order valence-corrected chi connectivity index (χ4v) is 2.83. The van der Waals surface area contributed by atoms with Crippen molar-refractivity contribution in [3.63, 3.8) is 0 Å². The number of benzene rings is 1. The molecule has 1 fully saturated rings. The molecule has 25 heavy (non-hydrogen) atoms. The second-order valence-corrected chi connectivity index (χ2v) is 8.46. The number of aryl methyl sites for hydroxylation is 3. The van der Waals surface area contributed by atoms with Crippen molar-refractivity contribution in [2.75, 3.05) is 0 Å². The van der Waals surface area contributed by atoms with Crippen LogP contribution < -0.4 is 0 Å². The van der Waals surface area contributed by atoms with Gasteiger partial charge in [0.1, 0.15) is 0 Å². The van der Waals surface area contributed by atoms with E-state index in [2.05, 4.69) is 73.1 Å². The molecule has 0 N–H and O–H groups in total. The van der Waals surface area contributed by atoms with E-state index < -0.39 is 0 Å². The second-order valence-electron chi connectivity index (χ2n) is 8.46. The summed E-state index contributed by atoms with van der Waals surface area (Å²) in [5.74, 6) is 5.36. The zero-order chi connectivity index (χ0) is 19.6. The van der Waals surface area contributed by atoms with Gasteiger partial charge in [-0.25, -0.2) is 0 Å². The first-order chi connectivity index (χ1) is 11.6. The molecule has 1 aromatic rings. The molecule has 140 valence electrons. The molecule has 0 heterocycles. The molecule has 1 saturated carbocycles. The van der Waals surface area contributed by atoms with Gasteiger partial charge in [0.2, 0.25) is 0 Å². The van der Waals surface area contributed by atoms with E-state index in [0.717, 1.165) is 23.3 Å². The van der Waals surface area contributed by atoms with Gasteiger partial charge in [0.15, 0.2) is 0 Å². The highest BCUT2D eigenvalue weighted by Crippen LogP contribution is 2.31. The molecular weight excluding hydrogens is 300 g/mol. The first-order valence-electron chi connectivity index (χ1n) is 9.79. The predicted octanol–water partition coefficient (Wildman–Crippen LogP) is 7.64. The molecule has 0 aliphatic heterocycles. The van der Waals surface area contributed by atoms with Crippen LogP contribution in [0.15, 0.2) is 24.3 Å². The Kier molecular flexibility index (Phi) is 11.3. The van der Waals surface area contributed by atoms with Gasteiger partial charge in [0.05, 0.1) is 0 Å². The van der Waals surface area contributed by atoms with Crippen LogP contribution in [0, 0.1) is 50.9 Å². The molecule has 1 aromatic carbocycles. The molecule has 0 bridgehead atoms. The van der Waals surface area contributed by atoms with Crippen LogP contribution >= 0.6 is 0 Å². The number of hydrogen-bond acceptors (Lipinski definition) is 0. The summed E-state index contributed by atoms with van der Waals surface area (Å²) < 4.78 is 0. The van der Waals surface area contributed by atoms with E-state index in [9.17, 15) is 0 Å². The fraction of sp³-hybridized carbons (Fsp3) is 0.600. The molecule has 0 unspecified atom stereocenters. The van der Waals surface area contributed by atoms with Crippen LogP contribution in [0.5, 0.6) is 0 Å². The summed E-state index contributed by atoms with van der Waals surface area (Å²) in [5.41, 5.74) is 6.24. The van der Waals surface area contributed by atoms with Crippen molar-refractivity contribution in [1.82, 2.24) is 0 Å². The summed E-state index contributed by atoms with van der Waals surface area (Å²) in [4.78, 5) is 0. The Morgan fingerprint density at radius 3 is 1.76 bits per heavy atom. The van der Waals surface area contributed by atoms with Gasteiger partial charge in [-0.15, -0.1) is 6.42 Å². The highest BCUT2D eigenvalue weighted by atomic mass is 14.2. The Morgan fingerprint density at radius 1 is 0.920 bits per heavy atom. The third-order valence-corrected chi connectivity index (χ3v) is 4.68. The molecule has 0 spiro atoms. The van der Waals surface area contributed by atoms with Crippen molar-refractivity contribution in [1.29, 1.82) is 0 Å². The van der Waals surface area contributed by atoms with Crippen LogP contribution in [-0.4, -0.2) is 0 Å². The highest BCUT2D eigenvalue weighted by Gasteiger charge is 2.17. The summed E-state index contributed by atoms with van der Waals surface area (Å²) in [6.45, 7) is 21.4. The number of terminal acetylenes is 1. The van der Waals surface area contributed by atoms with Gasteiger partial charge >= 0.3 is 0 Å². The molecule has 0 radical (unpaired) electrons. The van der Waals surface area contributed by atoms with Gasteiger partial charge in [0.25, 0.3) is 0 Å². The van der Waals surface area contributed by atoms with Crippen LogP contribution in [0.25, 0.3) is 0 Å². The predicted molar refractivity (Wildman–Crippen MR) is 115 cm³/mol. The molecule has 0 nitrogen and oxygen atoms in total. The SMILES string of the molecule is C#Cc1cc(C)c(C)cc1C.C=C1CCC(C(C)C)CC1.CC(C)C. The first kappa shape index (κ1) is 23.5. The maximum Gasteiger partial charge on any atom is 0.0274 e. The quantitative estimate of drug-likeness (QED) is 0.364. The largest absolute Gasteiger partial charge is 0.115 e. The lowest BCUT2D eigenvalue weighted by Crippen LogP contribution is -2.13. The Labute approximate surface area is 158 Å². The van der Waals surface area contributed by atoms with Gasteiger partial charge in [-0.3, -0.25) is 0 Å². The first-order valence-corrected chi connectivity index (χ1v) is 9.79. The monoisotopic (exact) mass is 340 g/mol. The maximum atomic E-state index is 5.32. The summed E-state index contributed by atoms with van der Waals surface area (Å²) in [6, 6.07) is 4.19. The topological polar surface area (TPSA) is 0 Å². The summed E-state index contributed by atoms with van der Waals surface area (Å²) in [7, 11) is 0. The van der Waals surface area contributed by atoms with Crippen molar-refractivity contribution in [3.8, 4) is 12.3 Å². The molecule has 1 aliphatic carbocycles. The minimum absolute atomic E-state index is 0.833. The standard InChI is InChI=1S/C11H12.C10H18.C4H10/c1-5-11-7-9(3)8(2)6-10(11)4;1-8(2)10-6-4-9(3)5-7-10;1-4(2)3/h1,6-7H,2-4H3;8,10H,3-7H2,1-2H3;4H,1-3H3. The third-order valence-electron chi connectivity index (χ3n) is 4.68. The van der Waals surface area contributed by atoms with Gasteiger partial charge in [-0.1, -0.05) is 58.8 Å². The number of hydrogen-bond donors (Lipinski definition) is 0. The molecule has 1 aliphatic rings. The Balaban J connectivity index is 0.000000383. The highest BCUT2D eigenvalue weighted by molar-refractivity contribution is 5.44. The van der Waals surface area contributed by atoms with Gasteiger partial charge in [0, 0.05) is 5.56 Å². The Hall–Kier alpha value is -1.48. The van der Waals surface area contributed by atoms with E-state index in [1.165, 1.54) is 47.9 Å². The summed E-state index contributed by atoms with van der Waals surface area (Å²) >= 11 is 0. The van der Waals surface area contributed by atoms with Gasteiger partial charge in [-0.2, -0.15) is 0 Å². The molecule has 0 amide bonds. The minimum atomic E-state index is 0.833. The summed E-state index contributed by atoms with van der Waals surface area (Å²) in [6.07, 6.45) is 10.7. The lowest BCUT2D eigenvalue weighted by molar-refractivity contribution is 0.311. The third kappa shape index (κ3) is 10.2. The molecule has 0 atom stereocenters. The van der Waals surface area contributed by atoms with E-state index in [4.69, 9.17) is 6.42 Å². The number of allylic oxidation sites excluding steroid dienone is 1. The van der Waals surface area contributed by atoms with Gasteiger partial charge in [-0.05, 0) is 87.0 Å². The van der Waals surface area contributed by atoms with Gasteiger partial charge < -0.3 is 0 Å². The average molecular weight is 341 g/mol. The van der Waals surface area contributed by atoms with Crippen LogP contribution in [0.2, 0.25) is 0 Å². The number of rotatable bonds is 1. The lowest BCUT2D eigenvalue weighted by Gasteiger charge is -2.26. The maximum absolute atomic E-state index is 5.32. The van der Waals surface area contributed by atoms with E-state index in [-0.39, 0.29) is 0 Å². The van der Waals surface area contributed by atoms with Crippen molar-refractivity contribution in [2.24, 2.45) is 17.8 Å². The molecule has 0 aromatic heterocycles. The van der Waals surface area contributed by atoms with E-state index in [0.29, 0.717) is 0 Å². The van der Waals surface area contributed by atoms with Crippen molar-refractivity contribution in [2.45, 2.75) is 81.1 Å². The minimum Gasteiger partial charge on any atom is -0.115 e. The average Bonchev–Trinajstić information content (AvgIpc) is 2.51. The normalized spacial score (nSPS) is 14.4. The van der Waals surface area contributed by atoms with Crippen molar-refractivity contribution >= 4 is 0 Å². The van der Waals surface area contributed by atoms with E-state index >= 15 is 0 Å². The molecule has 2 rings (SSSR count). The molecular formula is C25H40. The molecule has 0 heteroatoms. The smallest absolute Gasteiger partial charge is 0.0274 e. The van der Waals surface area contributed by atoms with E-state index in [1.54, 1.807) is 0 Å². The van der Waals surface area contributed by atoms with Crippen molar-refractivity contribution in [3.05, 3.63) is 46.5 Å².